The number of hydrogen-bond acceptors (Lipinski definition) is 4. The van der Waals surface area contributed by atoms with Gasteiger partial charge in [-0.15, -0.1) is 0 Å². The molecule has 2 N–H and O–H groups in total. The maximum absolute atomic E-state index is 12.1. The molecule has 2 rings (SSSR count). The highest BCUT2D eigenvalue weighted by molar-refractivity contribution is 7.89. The third-order valence-electron chi connectivity index (χ3n) is 3.20. The average Bonchev–Trinajstić information content (AvgIpc) is 2.91. The van der Waals surface area contributed by atoms with E-state index in [9.17, 15) is 8.42 Å². The van der Waals surface area contributed by atoms with Crippen LogP contribution in [0.2, 0.25) is 0 Å². The van der Waals surface area contributed by atoms with Gasteiger partial charge in [0.1, 0.15) is 0 Å². The summed E-state index contributed by atoms with van der Waals surface area (Å²) in [5, 5.41) is 3.03. The van der Waals surface area contributed by atoms with Crippen LogP contribution in [0.4, 0.5) is 0 Å². The molecule has 1 aliphatic rings. The third kappa shape index (κ3) is 4.01. The van der Waals surface area contributed by atoms with E-state index in [1.807, 2.05) is 19.2 Å². The number of sulfonamides is 1. The second kappa shape index (κ2) is 6.47. The third-order valence-corrected chi connectivity index (χ3v) is 4.64. The van der Waals surface area contributed by atoms with E-state index in [1.54, 1.807) is 12.1 Å². The molecule has 0 amide bonds. The first-order valence-electron chi connectivity index (χ1n) is 6.43. The Morgan fingerprint density at radius 3 is 2.63 bits per heavy atom. The van der Waals surface area contributed by atoms with Gasteiger partial charge in [0.25, 0.3) is 0 Å². The predicted molar refractivity (Wildman–Crippen MR) is 73.3 cm³/mol. The van der Waals surface area contributed by atoms with Gasteiger partial charge in [-0.3, -0.25) is 0 Å². The summed E-state index contributed by atoms with van der Waals surface area (Å²) in [6, 6.07) is 6.92. The molecular formula is C13H20N2O3S. The van der Waals surface area contributed by atoms with Crippen molar-refractivity contribution < 1.29 is 13.2 Å². The first-order chi connectivity index (χ1) is 9.12. The summed E-state index contributed by atoms with van der Waals surface area (Å²) in [5.74, 6) is 0.290. The molecule has 0 spiro atoms. The molecule has 1 fully saturated rings. The van der Waals surface area contributed by atoms with E-state index in [-0.39, 0.29) is 0 Å². The summed E-state index contributed by atoms with van der Waals surface area (Å²) in [7, 11) is -1.55. The van der Waals surface area contributed by atoms with Gasteiger partial charge in [-0.2, -0.15) is 0 Å². The number of hydrogen-bond donors (Lipinski definition) is 2. The highest BCUT2D eigenvalue weighted by Crippen LogP contribution is 2.14. The SMILES string of the molecule is CNCc1ccc(S(=O)(=O)NCC2CCOC2)cc1. The summed E-state index contributed by atoms with van der Waals surface area (Å²) < 4.78 is 32.1. The summed E-state index contributed by atoms with van der Waals surface area (Å²) in [6.45, 7) is 2.54. The first-order valence-corrected chi connectivity index (χ1v) is 7.91. The van der Waals surface area contributed by atoms with Crippen molar-refractivity contribution in [3.8, 4) is 0 Å². The fraction of sp³-hybridized carbons (Fsp3) is 0.538. The van der Waals surface area contributed by atoms with Gasteiger partial charge in [-0.05, 0) is 37.1 Å². The molecule has 1 atom stereocenters. The number of rotatable bonds is 6. The molecular weight excluding hydrogens is 264 g/mol. The van der Waals surface area contributed by atoms with Crippen molar-refractivity contribution in [2.24, 2.45) is 5.92 Å². The van der Waals surface area contributed by atoms with E-state index in [0.717, 1.165) is 25.1 Å². The molecule has 0 aromatic heterocycles. The fourth-order valence-corrected chi connectivity index (χ4v) is 3.16. The minimum atomic E-state index is -3.41. The van der Waals surface area contributed by atoms with Crippen LogP contribution in [0.1, 0.15) is 12.0 Å². The van der Waals surface area contributed by atoms with Crippen LogP contribution in [-0.4, -0.2) is 35.2 Å². The Morgan fingerprint density at radius 2 is 2.05 bits per heavy atom. The lowest BCUT2D eigenvalue weighted by Gasteiger charge is -2.10. The molecule has 1 unspecified atom stereocenters. The second-order valence-electron chi connectivity index (χ2n) is 4.76. The summed E-state index contributed by atoms with van der Waals surface area (Å²) in [6.07, 6.45) is 0.920. The molecule has 1 saturated heterocycles. The van der Waals surface area contributed by atoms with Gasteiger partial charge in [-0.1, -0.05) is 12.1 Å². The van der Waals surface area contributed by atoms with Gasteiger partial charge in [0.05, 0.1) is 11.5 Å². The maximum atomic E-state index is 12.1. The van der Waals surface area contributed by atoms with Gasteiger partial charge in [0.2, 0.25) is 10.0 Å². The summed E-state index contributed by atoms with van der Waals surface area (Å²) >= 11 is 0. The molecule has 1 aromatic rings. The Balaban J connectivity index is 1.97. The van der Waals surface area contributed by atoms with Crippen molar-refractivity contribution in [3.05, 3.63) is 29.8 Å². The van der Waals surface area contributed by atoms with E-state index in [0.29, 0.717) is 24.0 Å². The monoisotopic (exact) mass is 284 g/mol. The summed E-state index contributed by atoms with van der Waals surface area (Å²) in [5.41, 5.74) is 1.06. The van der Waals surface area contributed by atoms with Gasteiger partial charge in [0, 0.05) is 19.7 Å². The van der Waals surface area contributed by atoms with E-state index < -0.39 is 10.0 Å². The molecule has 106 valence electrons. The van der Waals surface area contributed by atoms with E-state index in [1.165, 1.54) is 0 Å². The van der Waals surface area contributed by atoms with Crippen molar-refractivity contribution in [1.82, 2.24) is 10.0 Å². The van der Waals surface area contributed by atoms with Gasteiger partial charge in [-0.25, -0.2) is 13.1 Å². The van der Waals surface area contributed by atoms with Crippen molar-refractivity contribution in [2.45, 2.75) is 17.9 Å². The lowest BCUT2D eigenvalue weighted by Crippen LogP contribution is -2.29. The van der Waals surface area contributed by atoms with Crippen LogP contribution in [0.3, 0.4) is 0 Å². The summed E-state index contributed by atoms with van der Waals surface area (Å²) in [4.78, 5) is 0.311. The Bertz CT molecular complexity index is 493. The minimum absolute atomic E-state index is 0.290. The van der Waals surface area contributed by atoms with Crippen LogP contribution in [0.25, 0.3) is 0 Å². The molecule has 19 heavy (non-hydrogen) atoms. The molecule has 1 heterocycles. The first kappa shape index (κ1) is 14.5. The number of benzene rings is 1. The van der Waals surface area contributed by atoms with Crippen molar-refractivity contribution >= 4 is 10.0 Å². The molecule has 0 saturated carbocycles. The van der Waals surface area contributed by atoms with Crippen LogP contribution in [-0.2, 0) is 21.3 Å². The molecule has 0 radical (unpaired) electrons. The van der Waals surface area contributed by atoms with Crippen LogP contribution >= 0.6 is 0 Å². The fourth-order valence-electron chi connectivity index (χ4n) is 2.05. The van der Waals surface area contributed by atoms with Gasteiger partial charge < -0.3 is 10.1 Å². The highest BCUT2D eigenvalue weighted by Gasteiger charge is 2.20. The Hall–Kier alpha value is -0.950. The predicted octanol–water partition coefficient (Wildman–Crippen LogP) is 0.721. The van der Waals surface area contributed by atoms with E-state index in [2.05, 4.69) is 10.0 Å². The zero-order valence-electron chi connectivity index (χ0n) is 11.1. The average molecular weight is 284 g/mol. The lowest BCUT2D eigenvalue weighted by atomic mass is 10.1. The zero-order valence-corrected chi connectivity index (χ0v) is 11.9. The van der Waals surface area contributed by atoms with Crippen LogP contribution in [0.5, 0.6) is 0 Å². The topological polar surface area (TPSA) is 67.4 Å². The molecule has 0 aliphatic carbocycles. The number of nitrogens with one attached hydrogen (secondary N) is 2. The minimum Gasteiger partial charge on any atom is -0.381 e. The van der Waals surface area contributed by atoms with Gasteiger partial charge >= 0.3 is 0 Å². The zero-order chi connectivity index (χ0) is 13.7. The molecule has 0 bridgehead atoms. The molecule has 6 heteroatoms. The Kier molecular flexibility index (Phi) is 4.93. The van der Waals surface area contributed by atoms with E-state index in [4.69, 9.17) is 4.74 Å². The second-order valence-corrected chi connectivity index (χ2v) is 6.52. The number of ether oxygens (including phenoxy) is 1. The smallest absolute Gasteiger partial charge is 0.240 e. The highest BCUT2D eigenvalue weighted by atomic mass is 32.2. The lowest BCUT2D eigenvalue weighted by molar-refractivity contribution is 0.186. The standard InChI is InChI=1S/C13H20N2O3S/c1-14-8-11-2-4-13(5-3-11)19(16,17)15-9-12-6-7-18-10-12/h2-5,12,14-15H,6-10H2,1H3. The quantitative estimate of drug-likeness (QED) is 0.808. The van der Waals surface area contributed by atoms with Crippen molar-refractivity contribution in [3.63, 3.8) is 0 Å². The van der Waals surface area contributed by atoms with Crippen molar-refractivity contribution in [2.75, 3.05) is 26.8 Å². The maximum Gasteiger partial charge on any atom is 0.240 e. The van der Waals surface area contributed by atoms with Crippen LogP contribution in [0, 0.1) is 5.92 Å². The van der Waals surface area contributed by atoms with Crippen LogP contribution in [0.15, 0.2) is 29.2 Å². The Morgan fingerprint density at radius 1 is 1.32 bits per heavy atom. The van der Waals surface area contributed by atoms with Crippen molar-refractivity contribution in [1.29, 1.82) is 0 Å². The molecule has 1 aliphatic heterocycles. The largest absolute Gasteiger partial charge is 0.381 e. The van der Waals surface area contributed by atoms with E-state index >= 15 is 0 Å². The Labute approximate surface area is 114 Å². The molecule has 5 nitrogen and oxygen atoms in total. The normalized spacial score (nSPS) is 19.7. The van der Waals surface area contributed by atoms with Crippen LogP contribution < -0.4 is 10.0 Å². The van der Waals surface area contributed by atoms with Gasteiger partial charge in [0.15, 0.2) is 0 Å². The molecule has 1 aromatic carbocycles.